The average molecular weight is 442 g/mol. The van der Waals surface area contributed by atoms with Gasteiger partial charge in [0.25, 0.3) is 5.91 Å². The summed E-state index contributed by atoms with van der Waals surface area (Å²) in [5, 5.41) is 3.01. The van der Waals surface area contributed by atoms with Gasteiger partial charge in [-0.25, -0.2) is 4.98 Å². The van der Waals surface area contributed by atoms with Crippen LogP contribution in [0.25, 0.3) is 11.0 Å². The van der Waals surface area contributed by atoms with Crippen LogP contribution in [0.5, 0.6) is 5.75 Å². The van der Waals surface area contributed by atoms with Crippen molar-refractivity contribution >= 4 is 16.9 Å². The van der Waals surface area contributed by atoms with Crippen LogP contribution in [0.2, 0.25) is 0 Å². The molecule has 0 aliphatic heterocycles. The first kappa shape index (κ1) is 22.6. The van der Waals surface area contributed by atoms with Crippen molar-refractivity contribution in [2.45, 2.75) is 39.2 Å². The van der Waals surface area contributed by atoms with Crippen molar-refractivity contribution in [3.8, 4) is 5.75 Å². The lowest BCUT2D eigenvalue weighted by atomic mass is 9.98. The van der Waals surface area contributed by atoms with Crippen molar-refractivity contribution in [3.63, 3.8) is 0 Å². The number of ether oxygens (including phenoxy) is 1. The monoisotopic (exact) mass is 441 g/mol. The zero-order chi connectivity index (χ0) is 23.2. The lowest BCUT2D eigenvalue weighted by Crippen LogP contribution is -2.26. The molecule has 5 nitrogen and oxygen atoms in total. The molecule has 1 aromatic heterocycles. The number of hydrogen-bond acceptors (Lipinski definition) is 3. The van der Waals surface area contributed by atoms with Crippen molar-refractivity contribution in [2.75, 3.05) is 13.7 Å². The highest BCUT2D eigenvalue weighted by molar-refractivity contribution is 5.94. The molecular weight excluding hydrogens is 410 g/mol. The van der Waals surface area contributed by atoms with Crippen LogP contribution in [0.1, 0.15) is 53.5 Å². The Kier molecular flexibility index (Phi) is 7.08. The van der Waals surface area contributed by atoms with Gasteiger partial charge in [-0.2, -0.15) is 0 Å². The van der Waals surface area contributed by atoms with Gasteiger partial charge in [0.15, 0.2) is 0 Å². The molecule has 1 N–H and O–H groups in total. The lowest BCUT2D eigenvalue weighted by Gasteiger charge is -2.13. The number of methoxy groups -OCH3 is 1. The summed E-state index contributed by atoms with van der Waals surface area (Å²) in [4.78, 5) is 17.4. The number of aromatic nitrogens is 2. The van der Waals surface area contributed by atoms with Gasteiger partial charge in [-0.3, -0.25) is 4.79 Å². The second-order valence-corrected chi connectivity index (χ2v) is 8.39. The molecule has 3 aromatic carbocycles. The third-order valence-corrected chi connectivity index (χ3v) is 6.20. The molecule has 5 heteroatoms. The molecule has 0 radical (unpaired) electrons. The fraction of sp³-hybridized carbons (Fsp3) is 0.286. The Morgan fingerprint density at radius 3 is 2.61 bits per heavy atom. The number of hydrogen-bond donors (Lipinski definition) is 1. The van der Waals surface area contributed by atoms with Gasteiger partial charge in [0.2, 0.25) is 0 Å². The number of nitrogens with one attached hydrogen (secondary N) is 1. The summed E-state index contributed by atoms with van der Waals surface area (Å²) < 4.78 is 7.47. The van der Waals surface area contributed by atoms with E-state index in [2.05, 4.69) is 54.1 Å². The molecule has 0 aliphatic rings. The molecule has 0 saturated carbocycles. The van der Waals surface area contributed by atoms with Crippen LogP contribution in [-0.2, 0) is 13.0 Å². The molecule has 170 valence electrons. The Labute approximate surface area is 195 Å². The second-order valence-electron chi connectivity index (χ2n) is 8.39. The predicted molar refractivity (Wildman–Crippen MR) is 133 cm³/mol. The predicted octanol–water partition coefficient (Wildman–Crippen LogP) is 5.58. The molecule has 4 rings (SSSR count). The molecule has 0 aliphatic carbocycles. The van der Waals surface area contributed by atoms with Crippen molar-refractivity contribution in [3.05, 3.63) is 95.3 Å². The van der Waals surface area contributed by atoms with Gasteiger partial charge < -0.3 is 14.6 Å². The van der Waals surface area contributed by atoms with Crippen LogP contribution in [0.4, 0.5) is 0 Å². The summed E-state index contributed by atoms with van der Waals surface area (Å²) in [6.07, 6.45) is 1.78. The number of fused-ring (bicyclic) bond motifs is 1. The maximum Gasteiger partial charge on any atom is 0.251 e. The van der Waals surface area contributed by atoms with Crippen molar-refractivity contribution in [2.24, 2.45) is 0 Å². The SMILES string of the molecule is CCC(C)c1ccc(Cn2c(CCNC(=O)c3cccc(OC)c3)nc3ccccc32)cc1. The van der Waals surface area contributed by atoms with Crippen LogP contribution < -0.4 is 10.1 Å². The highest BCUT2D eigenvalue weighted by atomic mass is 16.5. The number of carbonyl (C=O) groups is 1. The van der Waals surface area contributed by atoms with Crippen molar-refractivity contribution in [1.29, 1.82) is 0 Å². The maximum absolute atomic E-state index is 12.6. The van der Waals surface area contributed by atoms with Gasteiger partial charge >= 0.3 is 0 Å². The van der Waals surface area contributed by atoms with E-state index in [-0.39, 0.29) is 5.91 Å². The van der Waals surface area contributed by atoms with E-state index in [1.54, 1.807) is 19.2 Å². The molecular formula is C28H31N3O2. The van der Waals surface area contributed by atoms with Crippen LogP contribution in [0.15, 0.2) is 72.8 Å². The standard InChI is InChI=1S/C28H31N3O2/c1-4-20(2)22-14-12-21(13-15-22)19-31-26-11-6-5-10-25(26)30-27(31)16-17-29-28(32)23-8-7-9-24(18-23)33-3/h5-15,18,20H,4,16-17,19H2,1-3H3,(H,29,32). The topological polar surface area (TPSA) is 56.2 Å². The fourth-order valence-corrected chi connectivity index (χ4v) is 4.02. The molecule has 1 unspecified atom stereocenters. The maximum atomic E-state index is 12.6. The molecule has 1 atom stereocenters. The molecule has 0 bridgehead atoms. The molecule has 1 heterocycles. The van der Waals surface area contributed by atoms with E-state index in [4.69, 9.17) is 9.72 Å². The average Bonchev–Trinajstić information content (AvgIpc) is 3.21. The molecule has 33 heavy (non-hydrogen) atoms. The molecule has 1 amide bonds. The third kappa shape index (κ3) is 5.25. The number of benzene rings is 3. The third-order valence-electron chi connectivity index (χ3n) is 6.20. The van der Waals surface area contributed by atoms with Gasteiger partial charge in [-0.1, -0.05) is 56.3 Å². The Hall–Kier alpha value is -3.60. The normalized spacial score (nSPS) is 12.0. The van der Waals surface area contributed by atoms with Gasteiger partial charge in [0.05, 0.1) is 18.1 Å². The Bertz CT molecular complexity index is 1230. The minimum Gasteiger partial charge on any atom is -0.497 e. The summed E-state index contributed by atoms with van der Waals surface area (Å²) in [7, 11) is 1.60. The van der Waals surface area contributed by atoms with Gasteiger partial charge in [0, 0.05) is 25.1 Å². The largest absolute Gasteiger partial charge is 0.497 e. The first-order valence-electron chi connectivity index (χ1n) is 11.5. The Morgan fingerprint density at radius 2 is 1.85 bits per heavy atom. The molecule has 0 fully saturated rings. The van der Waals surface area contributed by atoms with Crippen LogP contribution in [0.3, 0.4) is 0 Å². The van der Waals surface area contributed by atoms with Gasteiger partial charge in [-0.15, -0.1) is 0 Å². The summed E-state index contributed by atoms with van der Waals surface area (Å²) in [6.45, 7) is 5.73. The zero-order valence-electron chi connectivity index (χ0n) is 19.5. The van der Waals surface area contributed by atoms with Crippen LogP contribution >= 0.6 is 0 Å². The van der Waals surface area contributed by atoms with Gasteiger partial charge in [0.1, 0.15) is 11.6 Å². The summed E-state index contributed by atoms with van der Waals surface area (Å²) in [5.41, 5.74) is 5.29. The van der Waals surface area contributed by atoms with E-state index in [9.17, 15) is 4.79 Å². The quantitative estimate of drug-likeness (QED) is 0.369. The van der Waals surface area contributed by atoms with Crippen LogP contribution in [0, 0.1) is 0 Å². The fourth-order valence-electron chi connectivity index (χ4n) is 4.02. The number of rotatable bonds is 9. The minimum atomic E-state index is -0.114. The van der Waals surface area contributed by atoms with E-state index in [0.717, 1.165) is 29.8 Å². The van der Waals surface area contributed by atoms with E-state index >= 15 is 0 Å². The number of para-hydroxylation sites is 2. The highest BCUT2D eigenvalue weighted by Gasteiger charge is 2.13. The Balaban J connectivity index is 1.49. The number of nitrogens with zero attached hydrogens (tertiary/aromatic N) is 2. The first-order chi connectivity index (χ1) is 16.1. The number of carbonyl (C=O) groups excluding carboxylic acids is 1. The number of imidazole rings is 1. The van der Waals surface area contributed by atoms with E-state index in [0.29, 0.717) is 30.2 Å². The zero-order valence-corrected chi connectivity index (χ0v) is 19.5. The summed E-state index contributed by atoms with van der Waals surface area (Å²) >= 11 is 0. The smallest absolute Gasteiger partial charge is 0.251 e. The van der Waals surface area contributed by atoms with E-state index < -0.39 is 0 Å². The van der Waals surface area contributed by atoms with Crippen molar-refractivity contribution in [1.82, 2.24) is 14.9 Å². The lowest BCUT2D eigenvalue weighted by molar-refractivity contribution is 0.0953. The summed E-state index contributed by atoms with van der Waals surface area (Å²) in [6, 6.07) is 24.3. The van der Waals surface area contributed by atoms with Crippen molar-refractivity contribution < 1.29 is 9.53 Å². The Morgan fingerprint density at radius 1 is 1.06 bits per heavy atom. The second kappa shape index (κ2) is 10.3. The van der Waals surface area contributed by atoms with E-state index in [1.165, 1.54) is 11.1 Å². The molecule has 0 spiro atoms. The highest BCUT2D eigenvalue weighted by Crippen LogP contribution is 2.22. The first-order valence-corrected chi connectivity index (χ1v) is 11.5. The molecule has 0 saturated heterocycles. The van der Waals surface area contributed by atoms with Gasteiger partial charge in [-0.05, 0) is 53.8 Å². The van der Waals surface area contributed by atoms with E-state index in [1.807, 2.05) is 30.3 Å². The number of amides is 1. The minimum absolute atomic E-state index is 0.114. The van der Waals surface area contributed by atoms with Crippen LogP contribution in [-0.4, -0.2) is 29.1 Å². The molecule has 4 aromatic rings. The summed E-state index contributed by atoms with van der Waals surface area (Å²) in [5.74, 6) is 2.09.